The number of benzene rings is 2. The molecule has 0 N–H and O–H groups in total. The number of rotatable bonds is 3. The molecule has 0 radical (unpaired) electrons. The van der Waals surface area contributed by atoms with Crippen LogP contribution in [0.25, 0.3) is 6.08 Å². The first-order chi connectivity index (χ1) is 12.8. The summed E-state index contributed by atoms with van der Waals surface area (Å²) in [5.41, 5.74) is 0.494. The van der Waals surface area contributed by atoms with Crippen molar-refractivity contribution in [2.75, 3.05) is 0 Å². The topological polar surface area (TPSA) is 61.2 Å². The van der Waals surface area contributed by atoms with Gasteiger partial charge in [-0.2, -0.15) is 18.4 Å². The maximum absolute atomic E-state index is 12.6. The van der Waals surface area contributed by atoms with Crippen LogP contribution in [0.3, 0.4) is 0 Å². The smallest absolute Gasteiger partial charge is 0.268 e. The fourth-order valence-corrected chi connectivity index (χ4v) is 3.33. The predicted molar refractivity (Wildman–Crippen MR) is 94.1 cm³/mol. The highest BCUT2D eigenvalue weighted by molar-refractivity contribution is 8.18. The summed E-state index contributed by atoms with van der Waals surface area (Å²) < 4.78 is 37.8. The first-order valence-electron chi connectivity index (χ1n) is 7.70. The predicted octanol–water partition coefficient (Wildman–Crippen LogP) is 4.81. The van der Waals surface area contributed by atoms with Crippen molar-refractivity contribution < 1.29 is 22.8 Å². The maximum Gasteiger partial charge on any atom is 0.416 e. The van der Waals surface area contributed by atoms with Gasteiger partial charge in [-0.05, 0) is 47.2 Å². The largest absolute Gasteiger partial charge is 0.416 e. The molecule has 1 saturated heterocycles. The minimum absolute atomic E-state index is 0.0429. The summed E-state index contributed by atoms with van der Waals surface area (Å²) in [6.45, 7) is -0.0429. The Morgan fingerprint density at radius 2 is 1.74 bits per heavy atom. The summed E-state index contributed by atoms with van der Waals surface area (Å²) >= 11 is 0.712. The Morgan fingerprint density at radius 3 is 2.37 bits per heavy atom. The number of nitrogens with zero attached hydrogens (tertiary/aromatic N) is 2. The Hall–Kier alpha value is -3.05. The summed E-state index contributed by atoms with van der Waals surface area (Å²) in [5, 5.41) is 8.62. The molecule has 1 aliphatic heterocycles. The zero-order chi connectivity index (χ0) is 19.6. The third-order valence-electron chi connectivity index (χ3n) is 3.88. The number of alkyl halides is 3. The van der Waals surface area contributed by atoms with Gasteiger partial charge in [-0.1, -0.05) is 30.3 Å². The lowest BCUT2D eigenvalue weighted by atomic mass is 10.1. The minimum atomic E-state index is -4.44. The summed E-state index contributed by atoms with van der Waals surface area (Å²) in [5.74, 6) is -0.544. The normalized spacial score (nSPS) is 16.1. The van der Waals surface area contributed by atoms with E-state index in [9.17, 15) is 22.8 Å². The molecule has 1 fully saturated rings. The lowest BCUT2D eigenvalue weighted by molar-refractivity contribution is -0.137. The SMILES string of the molecule is N#Cc1ccccc1CN1C(=O)S/C(=C\c2ccc(C(F)(F)F)cc2)C1=O. The molecule has 0 spiro atoms. The van der Waals surface area contributed by atoms with Gasteiger partial charge in [0, 0.05) is 0 Å². The summed E-state index contributed by atoms with van der Waals surface area (Å²) in [6, 6.07) is 12.9. The van der Waals surface area contributed by atoms with Gasteiger partial charge in [0.05, 0.1) is 28.6 Å². The first-order valence-corrected chi connectivity index (χ1v) is 8.52. The third-order valence-corrected chi connectivity index (χ3v) is 4.78. The number of thioether (sulfide) groups is 1. The molecule has 2 aromatic carbocycles. The van der Waals surface area contributed by atoms with E-state index >= 15 is 0 Å². The maximum atomic E-state index is 12.6. The van der Waals surface area contributed by atoms with Gasteiger partial charge in [0.2, 0.25) is 0 Å². The fourth-order valence-electron chi connectivity index (χ4n) is 2.49. The van der Waals surface area contributed by atoms with E-state index in [1.807, 2.05) is 6.07 Å². The van der Waals surface area contributed by atoms with Crippen molar-refractivity contribution in [3.05, 3.63) is 75.7 Å². The highest BCUT2D eigenvalue weighted by atomic mass is 32.2. The van der Waals surface area contributed by atoms with Crippen LogP contribution in [-0.4, -0.2) is 16.0 Å². The Labute approximate surface area is 156 Å². The average molecular weight is 388 g/mol. The van der Waals surface area contributed by atoms with Crippen molar-refractivity contribution in [3.63, 3.8) is 0 Å². The molecule has 136 valence electrons. The van der Waals surface area contributed by atoms with Crippen LogP contribution in [-0.2, 0) is 17.5 Å². The molecule has 8 heteroatoms. The van der Waals surface area contributed by atoms with E-state index in [1.54, 1.807) is 24.3 Å². The lowest BCUT2D eigenvalue weighted by Crippen LogP contribution is -2.27. The van der Waals surface area contributed by atoms with Gasteiger partial charge in [-0.15, -0.1) is 0 Å². The molecule has 0 aliphatic carbocycles. The second-order valence-corrected chi connectivity index (χ2v) is 6.65. The molecule has 0 bridgehead atoms. The van der Waals surface area contributed by atoms with Gasteiger partial charge < -0.3 is 0 Å². The second kappa shape index (κ2) is 7.29. The molecule has 27 heavy (non-hydrogen) atoms. The number of hydrogen-bond donors (Lipinski definition) is 0. The number of hydrogen-bond acceptors (Lipinski definition) is 4. The van der Waals surface area contributed by atoms with Gasteiger partial charge in [-0.25, -0.2) is 0 Å². The van der Waals surface area contributed by atoms with Gasteiger partial charge in [-0.3, -0.25) is 14.5 Å². The van der Waals surface area contributed by atoms with E-state index in [0.717, 1.165) is 17.0 Å². The van der Waals surface area contributed by atoms with Gasteiger partial charge >= 0.3 is 6.18 Å². The minimum Gasteiger partial charge on any atom is -0.268 e. The summed E-state index contributed by atoms with van der Waals surface area (Å²) in [6.07, 6.45) is -3.06. The molecule has 2 aromatic rings. The van der Waals surface area contributed by atoms with Crippen molar-refractivity contribution in [2.45, 2.75) is 12.7 Å². The summed E-state index contributed by atoms with van der Waals surface area (Å²) in [4.78, 5) is 25.8. The monoisotopic (exact) mass is 388 g/mol. The van der Waals surface area contributed by atoms with Crippen molar-refractivity contribution >= 4 is 29.0 Å². The van der Waals surface area contributed by atoms with Crippen molar-refractivity contribution in [1.82, 2.24) is 4.90 Å². The Balaban J connectivity index is 1.81. The van der Waals surface area contributed by atoms with Gasteiger partial charge in [0.1, 0.15) is 0 Å². The van der Waals surface area contributed by atoms with Crippen molar-refractivity contribution in [3.8, 4) is 6.07 Å². The zero-order valence-corrected chi connectivity index (χ0v) is 14.5. The van der Waals surface area contributed by atoms with E-state index in [0.29, 0.717) is 28.5 Å². The average Bonchev–Trinajstić information content (AvgIpc) is 2.89. The van der Waals surface area contributed by atoms with E-state index in [2.05, 4.69) is 0 Å². The van der Waals surface area contributed by atoms with Crippen LogP contribution in [0.15, 0.2) is 53.4 Å². The summed E-state index contributed by atoms with van der Waals surface area (Å²) in [7, 11) is 0. The van der Waals surface area contributed by atoms with Crippen LogP contribution in [0.1, 0.15) is 22.3 Å². The first kappa shape index (κ1) is 18.7. The molecule has 1 heterocycles. The molecule has 1 aliphatic rings. The Kier molecular flexibility index (Phi) is 5.06. The standard InChI is InChI=1S/C19H11F3N2O2S/c20-19(21,22)15-7-5-12(6-8-15)9-16-17(25)24(18(26)27-16)11-14-4-2-1-3-13(14)10-23/h1-9H,11H2/b16-9-. The number of amides is 2. The van der Waals surface area contributed by atoms with Crippen molar-refractivity contribution in [2.24, 2.45) is 0 Å². The van der Waals surface area contributed by atoms with Gasteiger partial charge in [0.15, 0.2) is 0 Å². The molecule has 0 aromatic heterocycles. The molecule has 4 nitrogen and oxygen atoms in total. The van der Waals surface area contributed by atoms with Crippen LogP contribution < -0.4 is 0 Å². The molecular formula is C19H11F3N2O2S. The molecule has 0 saturated carbocycles. The number of imide groups is 1. The fraction of sp³-hybridized carbons (Fsp3) is 0.105. The van der Waals surface area contributed by atoms with E-state index in [-0.39, 0.29) is 11.4 Å². The van der Waals surface area contributed by atoms with Crippen LogP contribution in [0, 0.1) is 11.3 Å². The van der Waals surface area contributed by atoms with E-state index in [4.69, 9.17) is 5.26 Å². The van der Waals surface area contributed by atoms with Crippen LogP contribution in [0.2, 0.25) is 0 Å². The highest BCUT2D eigenvalue weighted by Gasteiger charge is 2.35. The molecule has 3 rings (SSSR count). The van der Waals surface area contributed by atoms with Crippen LogP contribution >= 0.6 is 11.8 Å². The van der Waals surface area contributed by atoms with E-state index < -0.39 is 22.9 Å². The number of carbonyl (C=O) groups is 2. The molecular weight excluding hydrogens is 377 g/mol. The molecule has 2 amide bonds. The van der Waals surface area contributed by atoms with Gasteiger partial charge in [0.25, 0.3) is 11.1 Å². The van der Waals surface area contributed by atoms with E-state index in [1.165, 1.54) is 18.2 Å². The highest BCUT2D eigenvalue weighted by Crippen LogP contribution is 2.34. The number of halogens is 3. The lowest BCUT2D eigenvalue weighted by Gasteiger charge is -2.13. The van der Waals surface area contributed by atoms with Crippen LogP contribution in [0.5, 0.6) is 0 Å². The number of carbonyl (C=O) groups excluding carboxylic acids is 2. The Morgan fingerprint density at radius 1 is 1.07 bits per heavy atom. The molecule has 0 unspecified atom stereocenters. The quantitative estimate of drug-likeness (QED) is 0.708. The number of nitriles is 1. The van der Waals surface area contributed by atoms with Crippen molar-refractivity contribution in [1.29, 1.82) is 5.26 Å². The second-order valence-electron chi connectivity index (χ2n) is 5.66. The third kappa shape index (κ3) is 4.04. The Bertz CT molecular complexity index is 976. The zero-order valence-electron chi connectivity index (χ0n) is 13.7. The van der Waals surface area contributed by atoms with Crippen LogP contribution in [0.4, 0.5) is 18.0 Å². The molecule has 0 atom stereocenters.